The quantitative estimate of drug-likeness (QED) is 0.141. The van der Waals surface area contributed by atoms with Crippen LogP contribution in [0.1, 0.15) is 90.0 Å². The van der Waals surface area contributed by atoms with Crippen molar-refractivity contribution >= 4 is 92.3 Å². The van der Waals surface area contributed by atoms with E-state index in [9.17, 15) is 5.48 Å². The number of anilines is 6. The van der Waals surface area contributed by atoms with Gasteiger partial charge in [-0.1, -0.05) is 263 Å². The number of fused-ring (bicyclic) bond motifs is 7. The Balaban J connectivity index is 1.22. The van der Waals surface area contributed by atoms with Gasteiger partial charge in [0.2, 0.25) is 0 Å². The van der Waals surface area contributed by atoms with Gasteiger partial charge in [0.05, 0.1) is 41.4 Å². The minimum absolute atomic E-state index is 0.0302. The van der Waals surface area contributed by atoms with E-state index in [4.69, 9.17) is 5.48 Å². The topological polar surface area (TPSA) is 11.4 Å². The highest BCUT2D eigenvalue weighted by atomic mass is 28.3. The van der Waals surface area contributed by atoms with Crippen molar-refractivity contribution in [3.8, 4) is 50.2 Å². The van der Waals surface area contributed by atoms with Crippen molar-refractivity contribution in [1.82, 2.24) is 4.57 Å². The lowest BCUT2D eigenvalue weighted by Crippen LogP contribution is -2.62. The molecule has 0 saturated carbocycles. The molecule has 3 nitrogen and oxygen atoms in total. The SMILES string of the molecule is [2H]c1c([2H])c([2H])c2c(c1[2H])c1c([2H])c([2H])c([2H])c([2H])c1n2-c1ccc2c(c1)N(c1c(-c3ccccc3)cc(C(C)(C)C)cc1-c1ccccc1)c1cc(C(C)(C)C)cc3c1B2c1ccc([Si](C)(C)C)cc1N3c1c(-c2ccccc2)cc(C(C)(C)C)cc1-c1ccccc1. The van der Waals surface area contributed by atoms with Gasteiger partial charge < -0.3 is 14.4 Å². The molecule has 11 aromatic carbocycles. The summed E-state index contributed by atoms with van der Waals surface area (Å²) in [6.45, 7) is 27.4. The van der Waals surface area contributed by atoms with Crippen LogP contribution in [0.3, 0.4) is 0 Å². The van der Waals surface area contributed by atoms with Crippen molar-refractivity contribution in [2.24, 2.45) is 0 Å². The second kappa shape index (κ2) is 20.4. The molecule has 3 heterocycles. The Labute approximate surface area is 522 Å². The summed E-state index contributed by atoms with van der Waals surface area (Å²) in [6, 6.07) is 67.6. The molecule has 0 amide bonds. The molecular weight excluding hydrogens is 1050 g/mol. The Morgan fingerprint density at radius 2 is 0.721 bits per heavy atom. The average molecular weight is 1140 g/mol. The van der Waals surface area contributed by atoms with E-state index in [2.05, 4.69) is 280 Å². The molecule has 2 aliphatic rings. The standard InChI is InChI=1S/C81H76BN3Si/c1-79(2,3)57-45-64(53-29-17-13-18-30-53)77(65(46-57)54-31-19-14-20-32-54)84-72-51-60(83-70-39-27-25-37-62(70)63-38-26-28-40-71(63)83)41-43-68(72)82-69-44-42-61(86(10,11)12)52-73(69)85(75-50-59(81(7,8)9)49-74(84)76(75)82)78-66(55-33-21-15-22-34-55)47-58(80(4,5)6)48-67(78)56-35-23-16-24-36-56/h13-52H,1-12H3/i25D,26D,27D,28D,37D,38D,39D,40D. The van der Waals surface area contributed by atoms with Crippen molar-refractivity contribution in [2.75, 3.05) is 9.80 Å². The van der Waals surface area contributed by atoms with Crippen molar-refractivity contribution in [3.05, 3.63) is 259 Å². The number of rotatable bonds is 8. The predicted molar refractivity (Wildman–Crippen MR) is 376 cm³/mol. The van der Waals surface area contributed by atoms with E-state index in [-0.39, 0.29) is 56.8 Å². The average Bonchev–Trinajstić information content (AvgIpc) is 0.871. The van der Waals surface area contributed by atoms with Gasteiger partial charge in [-0.2, -0.15) is 0 Å². The summed E-state index contributed by atoms with van der Waals surface area (Å²) in [5, 5.41) is 1.37. The van der Waals surface area contributed by atoms with Gasteiger partial charge in [-0.15, -0.1) is 0 Å². The minimum Gasteiger partial charge on any atom is -0.310 e. The van der Waals surface area contributed by atoms with Crippen LogP contribution < -0.4 is 31.4 Å². The lowest BCUT2D eigenvalue weighted by atomic mass is 9.33. The van der Waals surface area contributed by atoms with Gasteiger partial charge in [-0.25, -0.2) is 0 Å². The number of nitrogens with zero attached hydrogens (tertiary/aromatic N) is 3. The maximum absolute atomic E-state index is 9.72. The summed E-state index contributed by atoms with van der Waals surface area (Å²) in [6.07, 6.45) is 0. The molecule has 0 aliphatic carbocycles. The van der Waals surface area contributed by atoms with Crippen LogP contribution >= 0.6 is 0 Å². The highest BCUT2D eigenvalue weighted by Gasteiger charge is 2.47. The molecular formula is C81H76BN3Si. The van der Waals surface area contributed by atoms with E-state index in [1.54, 1.807) is 4.57 Å². The third-order valence-electron chi connectivity index (χ3n) is 17.8. The second-order valence-electron chi connectivity index (χ2n) is 27.6. The first kappa shape index (κ1) is 46.4. The largest absolute Gasteiger partial charge is 0.310 e. The Hall–Kier alpha value is -8.90. The number of hydrogen-bond acceptors (Lipinski definition) is 2. The molecule has 0 fully saturated rings. The zero-order chi connectivity index (χ0) is 66.6. The van der Waals surface area contributed by atoms with Crippen LogP contribution in [0.15, 0.2) is 242 Å². The second-order valence-corrected chi connectivity index (χ2v) is 32.7. The molecule has 0 atom stereocenters. The predicted octanol–water partition coefficient (Wildman–Crippen LogP) is 20.0. The molecule has 0 radical (unpaired) electrons. The molecule has 14 rings (SSSR count). The van der Waals surface area contributed by atoms with Gasteiger partial charge in [0.15, 0.2) is 0 Å². The Morgan fingerprint density at radius 3 is 1.09 bits per heavy atom. The van der Waals surface area contributed by atoms with Crippen LogP contribution in [0.4, 0.5) is 34.1 Å². The number of hydrogen-bond donors (Lipinski definition) is 0. The van der Waals surface area contributed by atoms with Crippen molar-refractivity contribution in [2.45, 2.75) is 98.2 Å². The molecule has 0 bridgehead atoms. The minimum atomic E-state index is -2.06. The van der Waals surface area contributed by atoms with Crippen LogP contribution in [0.5, 0.6) is 0 Å². The summed E-state index contributed by atoms with van der Waals surface area (Å²) < 4.78 is 76.3. The van der Waals surface area contributed by atoms with Gasteiger partial charge in [-0.05, 0) is 138 Å². The molecule has 0 saturated heterocycles. The molecule has 0 unspecified atom stereocenters. The highest BCUT2D eigenvalue weighted by molar-refractivity contribution is 7.00. The van der Waals surface area contributed by atoms with Crippen LogP contribution in [-0.4, -0.2) is 19.4 Å². The first-order valence-corrected chi connectivity index (χ1v) is 33.7. The van der Waals surface area contributed by atoms with Gasteiger partial charge in [0, 0.05) is 61.5 Å². The summed E-state index contributed by atoms with van der Waals surface area (Å²) in [5.41, 5.74) is 20.7. The maximum Gasteiger partial charge on any atom is 0.252 e. The molecule has 2 aliphatic heterocycles. The number of benzene rings is 11. The van der Waals surface area contributed by atoms with E-state index >= 15 is 0 Å². The third-order valence-corrected chi connectivity index (χ3v) is 19.9. The van der Waals surface area contributed by atoms with Gasteiger partial charge in [0.1, 0.15) is 0 Å². The van der Waals surface area contributed by atoms with Gasteiger partial charge in [-0.3, -0.25) is 0 Å². The monoisotopic (exact) mass is 1140 g/mol. The number of para-hydroxylation sites is 2. The fraction of sp³-hybridized carbons (Fsp3) is 0.185. The fourth-order valence-electron chi connectivity index (χ4n) is 13.1. The zero-order valence-electron chi connectivity index (χ0n) is 59.4. The number of aromatic nitrogens is 1. The maximum atomic E-state index is 9.72. The highest BCUT2D eigenvalue weighted by Crippen LogP contribution is 2.55. The van der Waals surface area contributed by atoms with Gasteiger partial charge >= 0.3 is 0 Å². The first-order valence-electron chi connectivity index (χ1n) is 34.2. The summed E-state index contributed by atoms with van der Waals surface area (Å²) in [7, 11) is -2.06. The van der Waals surface area contributed by atoms with E-state index in [0.717, 1.165) is 106 Å². The zero-order valence-corrected chi connectivity index (χ0v) is 52.4. The van der Waals surface area contributed by atoms with Crippen molar-refractivity contribution < 1.29 is 11.0 Å². The Morgan fingerprint density at radius 1 is 0.372 bits per heavy atom. The first-order chi connectivity index (χ1) is 44.5. The molecule has 86 heavy (non-hydrogen) atoms. The molecule has 0 spiro atoms. The molecule has 422 valence electrons. The summed E-state index contributed by atoms with van der Waals surface area (Å²) in [5.74, 6) is 0. The van der Waals surface area contributed by atoms with E-state index in [1.807, 2.05) is 6.07 Å². The van der Waals surface area contributed by atoms with E-state index < -0.39 is 44.4 Å². The van der Waals surface area contributed by atoms with Crippen LogP contribution in [0.25, 0.3) is 72.0 Å². The Bertz CT molecular complexity index is 4900. The van der Waals surface area contributed by atoms with E-state index in [0.29, 0.717) is 5.69 Å². The van der Waals surface area contributed by atoms with Crippen LogP contribution in [-0.2, 0) is 16.2 Å². The van der Waals surface area contributed by atoms with Crippen molar-refractivity contribution in [3.63, 3.8) is 0 Å². The third kappa shape index (κ3) is 9.25. The lowest BCUT2D eigenvalue weighted by molar-refractivity contribution is 0.590. The summed E-state index contributed by atoms with van der Waals surface area (Å²) >= 11 is 0. The van der Waals surface area contributed by atoms with E-state index in [1.165, 1.54) is 10.8 Å². The summed E-state index contributed by atoms with van der Waals surface area (Å²) in [4.78, 5) is 5.09. The van der Waals surface area contributed by atoms with Gasteiger partial charge in [0.25, 0.3) is 6.71 Å². The fourth-order valence-corrected chi connectivity index (χ4v) is 14.3. The molecule has 12 aromatic rings. The van der Waals surface area contributed by atoms with Crippen LogP contribution in [0, 0.1) is 0 Å². The lowest BCUT2D eigenvalue weighted by Gasteiger charge is -2.47. The van der Waals surface area contributed by atoms with Crippen molar-refractivity contribution in [1.29, 1.82) is 0 Å². The normalized spacial score (nSPS) is 14.6. The molecule has 0 N–H and O–H groups in total. The smallest absolute Gasteiger partial charge is 0.252 e. The van der Waals surface area contributed by atoms with Crippen LogP contribution in [0.2, 0.25) is 19.6 Å². The molecule has 1 aromatic heterocycles. The molecule has 5 heteroatoms. The Kier molecular flexibility index (Phi) is 11.0.